The lowest BCUT2D eigenvalue weighted by Gasteiger charge is -2.06. The molecule has 0 aliphatic carbocycles. The van der Waals surface area contributed by atoms with Crippen molar-refractivity contribution in [1.82, 2.24) is 5.32 Å². The molecule has 1 rings (SSSR count). The van der Waals surface area contributed by atoms with Gasteiger partial charge in [-0.2, -0.15) is 0 Å². The number of benzene rings is 1. The van der Waals surface area contributed by atoms with Crippen LogP contribution in [0.15, 0.2) is 18.2 Å². The van der Waals surface area contributed by atoms with Crippen molar-refractivity contribution in [2.75, 3.05) is 13.7 Å². The van der Waals surface area contributed by atoms with Crippen LogP contribution in [-0.4, -0.2) is 19.6 Å². The van der Waals surface area contributed by atoms with Gasteiger partial charge in [0.15, 0.2) is 0 Å². The fraction of sp³-hybridized carbons (Fsp3) is 0.364. The van der Waals surface area contributed by atoms with Gasteiger partial charge in [0.25, 0.3) is 5.91 Å². The Morgan fingerprint density at radius 3 is 2.80 bits per heavy atom. The first-order valence-corrected chi connectivity index (χ1v) is 5.18. The smallest absolute Gasteiger partial charge is 0.252 e. The maximum atomic E-state index is 11.6. The molecule has 1 amide bonds. The lowest BCUT2D eigenvalue weighted by atomic mass is 10.2. The molecule has 4 heteroatoms. The van der Waals surface area contributed by atoms with Gasteiger partial charge in [-0.15, -0.1) is 0 Å². The van der Waals surface area contributed by atoms with Crippen molar-refractivity contribution < 1.29 is 9.53 Å². The highest BCUT2D eigenvalue weighted by atomic mass is 35.5. The molecule has 1 aromatic rings. The van der Waals surface area contributed by atoms with Gasteiger partial charge in [-0.3, -0.25) is 4.79 Å². The number of halogens is 1. The summed E-state index contributed by atoms with van der Waals surface area (Å²) in [4.78, 5) is 11.6. The zero-order chi connectivity index (χ0) is 11.3. The Bertz CT molecular complexity index is 352. The molecule has 3 nitrogen and oxygen atoms in total. The van der Waals surface area contributed by atoms with Gasteiger partial charge in [-0.1, -0.05) is 18.5 Å². The van der Waals surface area contributed by atoms with E-state index in [4.69, 9.17) is 16.3 Å². The lowest BCUT2D eigenvalue weighted by Crippen LogP contribution is -2.24. The van der Waals surface area contributed by atoms with Gasteiger partial charge in [-0.25, -0.2) is 0 Å². The summed E-state index contributed by atoms with van der Waals surface area (Å²) in [7, 11) is 1.56. The summed E-state index contributed by atoms with van der Waals surface area (Å²) in [6, 6.07) is 5.00. The second-order valence-electron chi connectivity index (χ2n) is 3.10. The molecule has 1 N–H and O–H groups in total. The van der Waals surface area contributed by atoms with E-state index in [1.807, 2.05) is 6.92 Å². The maximum absolute atomic E-state index is 11.6. The second kappa shape index (κ2) is 5.61. The predicted octanol–water partition coefficient (Wildman–Crippen LogP) is 2.49. The minimum absolute atomic E-state index is 0.149. The maximum Gasteiger partial charge on any atom is 0.252 e. The fourth-order valence-electron chi connectivity index (χ4n) is 1.14. The van der Waals surface area contributed by atoms with Gasteiger partial charge in [0.05, 0.1) is 17.7 Å². The Balaban J connectivity index is 2.81. The van der Waals surface area contributed by atoms with Crippen molar-refractivity contribution in [2.45, 2.75) is 13.3 Å². The number of ether oxygens (including phenoxy) is 1. The first-order valence-electron chi connectivity index (χ1n) is 4.80. The summed E-state index contributed by atoms with van der Waals surface area (Å²) < 4.78 is 4.99. The third kappa shape index (κ3) is 3.13. The number of hydrogen-bond acceptors (Lipinski definition) is 2. The average Bonchev–Trinajstić information content (AvgIpc) is 2.25. The molecule has 0 saturated heterocycles. The van der Waals surface area contributed by atoms with Gasteiger partial charge in [0.2, 0.25) is 0 Å². The molecule has 0 heterocycles. The Hall–Kier alpha value is -1.22. The zero-order valence-electron chi connectivity index (χ0n) is 8.84. The molecule has 0 bridgehead atoms. The number of carbonyl (C=O) groups is 1. The van der Waals surface area contributed by atoms with Crippen LogP contribution in [-0.2, 0) is 0 Å². The normalized spacial score (nSPS) is 9.80. The largest absolute Gasteiger partial charge is 0.497 e. The summed E-state index contributed by atoms with van der Waals surface area (Å²) in [5.74, 6) is 0.497. The van der Waals surface area contributed by atoms with Crippen LogP contribution in [0.1, 0.15) is 23.7 Å². The second-order valence-corrected chi connectivity index (χ2v) is 3.51. The van der Waals surface area contributed by atoms with E-state index in [0.29, 0.717) is 22.9 Å². The monoisotopic (exact) mass is 227 g/mol. The molecule has 0 aromatic heterocycles. The summed E-state index contributed by atoms with van der Waals surface area (Å²) in [5.41, 5.74) is 0.478. The Morgan fingerprint density at radius 2 is 2.27 bits per heavy atom. The minimum atomic E-state index is -0.149. The minimum Gasteiger partial charge on any atom is -0.497 e. The molecular formula is C11H14ClNO2. The highest BCUT2D eigenvalue weighted by Gasteiger charge is 2.09. The van der Waals surface area contributed by atoms with Crippen molar-refractivity contribution in [3.8, 4) is 5.75 Å². The van der Waals surface area contributed by atoms with Gasteiger partial charge < -0.3 is 10.1 Å². The number of nitrogens with one attached hydrogen (secondary N) is 1. The van der Waals surface area contributed by atoms with Crippen molar-refractivity contribution >= 4 is 17.5 Å². The van der Waals surface area contributed by atoms with Gasteiger partial charge in [-0.05, 0) is 24.6 Å². The Morgan fingerprint density at radius 1 is 1.53 bits per heavy atom. The number of carbonyl (C=O) groups excluding carboxylic acids is 1. The van der Waals surface area contributed by atoms with E-state index in [9.17, 15) is 4.79 Å². The van der Waals surface area contributed by atoms with E-state index >= 15 is 0 Å². The Kier molecular flexibility index (Phi) is 4.43. The number of hydrogen-bond donors (Lipinski definition) is 1. The molecule has 0 aliphatic heterocycles. The topological polar surface area (TPSA) is 38.3 Å². The highest BCUT2D eigenvalue weighted by molar-refractivity contribution is 6.34. The molecule has 0 fully saturated rings. The van der Waals surface area contributed by atoms with Crippen molar-refractivity contribution in [1.29, 1.82) is 0 Å². The van der Waals surface area contributed by atoms with E-state index in [0.717, 1.165) is 6.42 Å². The first kappa shape index (κ1) is 11.9. The van der Waals surface area contributed by atoms with Crippen LogP contribution in [0.3, 0.4) is 0 Å². The molecule has 0 saturated carbocycles. The third-order valence-corrected chi connectivity index (χ3v) is 2.27. The molecule has 0 unspecified atom stereocenters. The van der Waals surface area contributed by atoms with Crippen LogP contribution in [0.5, 0.6) is 5.75 Å². The standard InChI is InChI=1S/C11H14ClNO2/c1-3-6-13-11(14)9-5-4-8(15-2)7-10(9)12/h4-5,7H,3,6H2,1-2H3,(H,13,14). The van der Waals surface area contributed by atoms with Crippen molar-refractivity contribution in [3.05, 3.63) is 28.8 Å². The first-order chi connectivity index (χ1) is 7.19. The number of methoxy groups -OCH3 is 1. The van der Waals surface area contributed by atoms with E-state index in [2.05, 4.69) is 5.32 Å². The average molecular weight is 228 g/mol. The molecule has 0 radical (unpaired) electrons. The Labute approximate surface area is 94.4 Å². The van der Waals surface area contributed by atoms with E-state index in [1.54, 1.807) is 25.3 Å². The zero-order valence-corrected chi connectivity index (χ0v) is 9.60. The van der Waals surface area contributed by atoms with Crippen LogP contribution in [0.4, 0.5) is 0 Å². The van der Waals surface area contributed by atoms with Crippen LogP contribution in [0.25, 0.3) is 0 Å². The van der Waals surface area contributed by atoms with Gasteiger partial charge in [0, 0.05) is 6.54 Å². The van der Waals surface area contributed by atoms with Crippen molar-refractivity contribution in [2.24, 2.45) is 0 Å². The number of rotatable bonds is 4. The summed E-state index contributed by atoms with van der Waals surface area (Å²) in [6.45, 7) is 2.65. The van der Waals surface area contributed by atoms with Gasteiger partial charge in [0.1, 0.15) is 5.75 Å². The van der Waals surface area contributed by atoms with Crippen LogP contribution < -0.4 is 10.1 Å². The number of amides is 1. The SMILES string of the molecule is CCCNC(=O)c1ccc(OC)cc1Cl. The van der Waals surface area contributed by atoms with E-state index < -0.39 is 0 Å². The van der Waals surface area contributed by atoms with Crippen molar-refractivity contribution in [3.63, 3.8) is 0 Å². The summed E-state index contributed by atoms with van der Waals surface area (Å²) >= 11 is 5.94. The molecule has 1 aromatic carbocycles. The summed E-state index contributed by atoms with van der Waals surface area (Å²) in [6.07, 6.45) is 0.902. The molecular weight excluding hydrogens is 214 g/mol. The van der Waals surface area contributed by atoms with Crippen LogP contribution >= 0.6 is 11.6 Å². The molecule has 0 spiro atoms. The van der Waals surface area contributed by atoms with E-state index in [-0.39, 0.29) is 5.91 Å². The fourth-order valence-corrected chi connectivity index (χ4v) is 1.40. The highest BCUT2D eigenvalue weighted by Crippen LogP contribution is 2.22. The van der Waals surface area contributed by atoms with E-state index in [1.165, 1.54) is 0 Å². The molecule has 0 atom stereocenters. The predicted molar refractivity (Wildman–Crippen MR) is 60.6 cm³/mol. The molecule has 15 heavy (non-hydrogen) atoms. The summed E-state index contributed by atoms with van der Waals surface area (Å²) in [5, 5.41) is 3.17. The molecule has 82 valence electrons. The van der Waals surface area contributed by atoms with Gasteiger partial charge >= 0.3 is 0 Å². The molecule has 0 aliphatic rings. The lowest BCUT2D eigenvalue weighted by molar-refractivity contribution is 0.0954. The van der Waals surface area contributed by atoms with Crippen LogP contribution in [0.2, 0.25) is 5.02 Å². The quantitative estimate of drug-likeness (QED) is 0.858. The van der Waals surface area contributed by atoms with Crippen LogP contribution in [0, 0.1) is 0 Å². The third-order valence-electron chi connectivity index (χ3n) is 1.96.